The van der Waals surface area contributed by atoms with Gasteiger partial charge in [-0.15, -0.1) is 0 Å². The van der Waals surface area contributed by atoms with Crippen LogP contribution in [0.25, 0.3) is 0 Å². The molecule has 1 aromatic carbocycles. The fraction of sp³-hybridized carbons (Fsp3) is 0.500. The van der Waals surface area contributed by atoms with Crippen molar-refractivity contribution in [3.63, 3.8) is 0 Å². The summed E-state index contributed by atoms with van der Waals surface area (Å²) in [6.07, 6.45) is 3.37. The van der Waals surface area contributed by atoms with Crippen LogP contribution in [0.15, 0.2) is 22.7 Å². The van der Waals surface area contributed by atoms with Crippen molar-refractivity contribution in [3.8, 4) is 0 Å². The van der Waals surface area contributed by atoms with E-state index < -0.39 is 0 Å². The number of amides is 1. The van der Waals surface area contributed by atoms with Crippen molar-refractivity contribution >= 4 is 37.8 Å². The number of nitrogens with zero attached hydrogens (tertiary/aromatic N) is 1. The Morgan fingerprint density at radius 3 is 2.67 bits per heavy atom. The summed E-state index contributed by atoms with van der Waals surface area (Å²) in [5, 5.41) is 1.04. The molecule has 0 heterocycles. The van der Waals surface area contributed by atoms with Gasteiger partial charge in [-0.3, -0.25) is 4.79 Å². The second-order valence-electron chi connectivity index (χ2n) is 4.46. The zero-order chi connectivity index (χ0) is 13.5. The van der Waals surface area contributed by atoms with Crippen molar-refractivity contribution in [2.24, 2.45) is 0 Å². The number of hydrogen-bond donors (Lipinski definition) is 0. The SMILES string of the molecule is Cc1ccc(Br)c(C(=O)N(C)CCCCCBr)c1. The lowest BCUT2D eigenvalue weighted by Gasteiger charge is -2.18. The molecule has 18 heavy (non-hydrogen) atoms. The van der Waals surface area contributed by atoms with Gasteiger partial charge in [-0.2, -0.15) is 0 Å². The summed E-state index contributed by atoms with van der Waals surface area (Å²) in [5.41, 5.74) is 1.85. The highest BCUT2D eigenvalue weighted by atomic mass is 79.9. The molecule has 0 saturated heterocycles. The largest absolute Gasteiger partial charge is 0.342 e. The fourth-order valence-corrected chi connectivity index (χ4v) is 2.54. The highest BCUT2D eigenvalue weighted by Crippen LogP contribution is 2.19. The average Bonchev–Trinajstić information content (AvgIpc) is 2.36. The average molecular weight is 377 g/mol. The molecule has 0 spiro atoms. The first-order valence-corrected chi connectivity index (χ1v) is 8.05. The van der Waals surface area contributed by atoms with Crippen LogP contribution in [0.5, 0.6) is 0 Å². The summed E-state index contributed by atoms with van der Waals surface area (Å²) >= 11 is 6.85. The lowest BCUT2D eigenvalue weighted by atomic mass is 10.1. The smallest absolute Gasteiger partial charge is 0.254 e. The van der Waals surface area contributed by atoms with E-state index in [1.807, 2.05) is 32.2 Å². The van der Waals surface area contributed by atoms with Gasteiger partial charge in [-0.05, 0) is 47.8 Å². The molecule has 2 nitrogen and oxygen atoms in total. The molecule has 0 aromatic heterocycles. The molecule has 0 aliphatic heterocycles. The molecular formula is C14H19Br2NO. The Morgan fingerprint density at radius 1 is 1.28 bits per heavy atom. The van der Waals surface area contributed by atoms with Crippen LogP contribution in [-0.2, 0) is 0 Å². The molecule has 0 aliphatic rings. The van der Waals surface area contributed by atoms with Gasteiger partial charge < -0.3 is 4.90 Å². The molecule has 100 valence electrons. The third-order valence-electron chi connectivity index (χ3n) is 2.83. The summed E-state index contributed by atoms with van der Waals surface area (Å²) in [7, 11) is 1.87. The van der Waals surface area contributed by atoms with Gasteiger partial charge in [0.15, 0.2) is 0 Å². The summed E-state index contributed by atoms with van der Waals surface area (Å²) in [5.74, 6) is 0.0874. The van der Waals surface area contributed by atoms with Crippen LogP contribution in [-0.4, -0.2) is 29.7 Å². The van der Waals surface area contributed by atoms with Crippen molar-refractivity contribution in [3.05, 3.63) is 33.8 Å². The molecule has 0 atom stereocenters. The Balaban J connectivity index is 2.60. The van der Waals surface area contributed by atoms with Crippen LogP contribution >= 0.6 is 31.9 Å². The van der Waals surface area contributed by atoms with Gasteiger partial charge in [0.2, 0.25) is 0 Å². The van der Waals surface area contributed by atoms with E-state index in [1.165, 1.54) is 0 Å². The summed E-state index contributed by atoms with van der Waals surface area (Å²) in [6.45, 7) is 2.81. The number of carbonyl (C=O) groups is 1. The van der Waals surface area contributed by atoms with Crippen LogP contribution < -0.4 is 0 Å². The molecule has 0 N–H and O–H groups in total. The maximum absolute atomic E-state index is 12.3. The van der Waals surface area contributed by atoms with Crippen molar-refractivity contribution in [2.45, 2.75) is 26.2 Å². The monoisotopic (exact) mass is 375 g/mol. The van der Waals surface area contributed by atoms with E-state index in [-0.39, 0.29) is 5.91 Å². The highest BCUT2D eigenvalue weighted by molar-refractivity contribution is 9.10. The molecule has 1 amide bonds. The van der Waals surface area contributed by atoms with E-state index in [2.05, 4.69) is 31.9 Å². The van der Waals surface area contributed by atoms with E-state index >= 15 is 0 Å². The quantitative estimate of drug-likeness (QED) is 0.532. The van der Waals surface area contributed by atoms with Crippen molar-refractivity contribution in [1.29, 1.82) is 0 Å². The van der Waals surface area contributed by atoms with Gasteiger partial charge in [0, 0.05) is 23.4 Å². The van der Waals surface area contributed by atoms with Gasteiger partial charge in [-0.1, -0.05) is 34.0 Å². The van der Waals surface area contributed by atoms with E-state index in [0.717, 1.165) is 46.7 Å². The molecule has 0 saturated carbocycles. The number of rotatable bonds is 6. The lowest BCUT2D eigenvalue weighted by Crippen LogP contribution is -2.28. The molecule has 0 unspecified atom stereocenters. The molecule has 0 fully saturated rings. The van der Waals surface area contributed by atoms with Crippen LogP contribution in [0.4, 0.5) is 0 Å². The van der Waals surface area contributed by atoms with E-state index in [1.54, 1.807) is 4.90 Å². The molecule has 1 rings (SSSR count). The minimum absolute atomic E-state index is 0.0874. The first-order valence-electron chi connectivity index (χ1n) is 6.14. The van der Waals surface area contributed by atoms with Crippen LogP contribution in [0, 0.1) is 6.92 Å². The van der Waals surface area contributed by atoms with Crippen LogP contribution in [0.2, 0.25) is 0 Å². The van der Waals surface area contributed by atoms with Gasteiger partial charge >= 0.3 is 0 Å². The number of hydrogen-bond acceptors (Lipinski definition) is 1. The van der Waals surface area contributed by atoms with Crippen molar-refractivity contribution < 1.29 is 4.79 Å². The predicted molar refractivity (Wildman–Crippen MR) is 83.5 cm³/mol. The Morgan fingerprint density at radius 2 is 2.00 bits per heavy atom. The Bertz CT molecular complexity index is 407. The standard InChI is InChI=1S/C14H19Br2NO/c1-11-6-7-13(16)12(10-11)14(18)17(2)9-5-3-4-8-15/h6-7,10H,3-5,8-9H2,1-2H3. The summed E-state index contributed by atoms with van der Waals surface area (Å²) in [4.78, 5) is 14.1. The number of benzene rings is 1. The molecule has 0 radical (unpaired) electrons. The minimum atomic E-state index is 0.0874. The first-order chi connectivity index (χ1) is 8.56. The molecule has 0 bridgehead atoms. The third-order valence-corrected chi connectivity index (χ3v) is 4.08. The van der Waals surface area contributed by atoms with Crippen molar-refractivity contribution in [2.75, 3.05) is 18.9 Å². The Kier molecular flexibility index (Phi) is 6.94. The topological polar surface area (TPSA) is 20.3 Å². The van der Waals surface area contributed by atoms with Gasteiger partial charge in [0.25, 0.3) is 5.91 Å². The van der Waals surface area contributed by atoms with E-state index in [0.29, 0.717) is 0 Å². The van der Waals surface area contributed by atoms with Crippen LogP contribution in [0.1, 0.15) is 35.2 Å². The van der Waals surface area contributed by atoms with Gasteiger partial charge in [-0.25, -0.2) is 0 Å². The molecular weight excluding hydrogens is 358 g/mol. The minimum Gasteiger partial charge on any atom is -0.342 e. The second kappa shape index (κ2) is 7.95. The number of carbonyl (C=O) groups excluding carboxylic acids is 1. The lowest BCUT2D eigenvalue weighted by molar-refractivity contribution is 0.0791. The maximum atomic E-state index is 12.3. The molecule has 4 heteroatoms. The first kappa shape index (κ1) is 15.7. The Hall–Kier alpha value is -0.350. The number of unbranched alkanes of at least 4 members (excludes halogenated alkanes) is 2. The van der Waals surface area contributed by atoms with Crippen molar-refractivity contribution in [1.82, 2.24) is 4.90 Å². The summed E-state index contributed by atoms with van der Waals surface area (Å²) < 4.78 is 0.866. The second-order valence-corrected chi connectivity index (χ2v) is 6.11. The van der Waals surface area contributed by atoms with E-state index in [9.17, 15) is 4.79 Å². The highest BCUT2D eigenvalue weighted by Gasteiger charge is 2.14. The zero-order valence-electron chi connectivity index (χ0n) is 10.9. The van der Waals surface area contributed by atoms with Crippen LogP contribution in [0.3, 0.4) is 0 Å². The number of aryl methyl sites for hydroxylation is 1. The normalized spacial score (nSPS) is 10.4. The summed E-state index contributed by atoms with van der Waals surface area (Å²) in [6, 6.07) is 5.86. The number of alkyl halides is 1. The van der Waals surface area contributed by atoms with E-state index in [4.69, 9.17) is 0 Å². The zero-order valence-corrected chi connectivity index (χ0v) is 14.1. The van der Waals surface area contributed by atoms with Gasteiger partial charge in [0.1, 0.15) is 0 Å². The number of halogens is 2. The fourth-order valence-electron chi connectivity index (χ4n) is 1.73. The maximum Gasteiger partial charge on any atom is 0.254 e. The third kappa shape index (κ3) is 4.73. The molecule has 0 aliphatic carbocycles. The van der Waals surface area contributed by atoms with Gasteiger partial charge in [0.05, 0.1) is 5.56 Å². The Labute approximate surface area is 126 Å². The predicted octanol–water partition coefficient (Wildman–Crippen LogP) is 4.39. The molecule has 1 aromatic rings.